The van der Waals surface area contributed by atoms with Crippen LogP contribution in [0.2, 0.25) is 0 Å². The van der Waals surface area contributed by atoms with Crippen molar-refractivity contribution in [2.45, 2.75) is 36.5 Å². The smallest absolute Gasteiger partial charge is 0.210 e. The van der Waals surface area contributed by atoms with Gasteiger partial charge in [0.15, 0.2) is 0 Å². The molecule has 238 valence electrons. The van der Waals surface area contributed by atoms with E-state index in [1.54, 1.807) is 24.3 Å². The first kappa shape index (κ1) is 29.5. The summed E-state index contributed by atoms with van der Waals surface area (Å²) in [6.07, 6.45) is 1.68. The average Bonchev–Trinajstić information content (AvgIpc) is 3.10. The molecule has 49 heavy (non-hydrogen) atoms. The summed E-state index contributed by atoms with van der Waals surface area (Å²) >= 11 is 0. The van der Waals surface area contributed by atoms with Crippen LogP contribution in [0.25, 0.3) is 10.8 Å². The van der Waals surface area contributed by atoms with E-state index in [9.17, 15) is 8.42 Å². The molecule has 0 saturated heterocycles. The zero-order valence-electron chi connectivity index (χ0n) is 27.4. The molecule has 0 atom stereocenters. The summed E-state index contributed by atoms with van der Waals surface area (Å²) in [6.45, 7) is 4.28. The van der Waals surface area contributed by atoms with E-state index in [4.69, 9.17) is 0 Å². The van der Waals surface area contributed by atoms with Crippen LogP contribution in [0.3, 0.4) is 0 Å². The van der Waals surface area contributed by atoms with Gasteiger partial charge in [0.05, 0.1) is 21.2 Å². The monoisotopic (exact) mass is 654 g/mol. The lowest BCUT2D eigenvalue weighted by Gasteiger charge is -2.33. The molecule has 7 aromatic rings. The minimum atomic E-state index is -3.61. The van der Waals surface area contributed by atoms with Crippen LogP contribution in [0.1, 0.15) is 33.4 Å². The van der Waals surface area contributed by atoms with Crippen molar-refractivity contribution in [3.8, 4) is 0 Å². The molecule has 1 aliphatic heterocycles. The van der Waals surface area contributed by atoms with Crippen molar-refractivity contribution in [1.29, 1.82) is 0 Å². The van der Waals surface area contributed by atoms with Gasteiger partial charge in [0.1, 0.15) is 0 Å². The second-order valence-corrected chi connectivity index (χ2v) is 15.1. The van der Waals surface area contributed by atoms with E-state index < -0.39 is 9.84 Å². The minimum Gasteiger partial charge on any atom is -0.310 e. The third kappa shape index (κ3) is 4.92. The second-order valence-electron chi connectivity index (χ2n) is 13.2. The number of benzene rings is 7. The zero-order chi connectivity index (χ0) is 33.3. The van der Waals surface area contributed by atoms with Crippen molar-refractivity contribution in [1.82, 2.24) is 0 Å². The van der Waals surface area contributed by atoms with Crippen LogP contribution >= 0.6 is 0 Å². The Balaban J connectivity index is 1.10. The molecule has 0 radical (unpaired) electrons. The van der Waals surface area contributed by atoms with Crippen LogP contribution in [0.4, 0.5) is 34.1 Å². The van der Waals surface area contributed by atoms with E-state index in [2.05, 4.69) is 121 Å². The number of hydrogen-bond donors (Lipinski definition) is 0. The van der Waals surface area contributed by atoms with Crippen LogP contribution in [0, 0.1) is 13.8 Å². The quantitative estimate of drug-likeness (QED) is 0.189. The number of sulfone groups is 1. The Hall–Kier alpha value is -5.65. The fraction of sp³-hybridized carbons (Fsp3) is 0.0909. The fourth-order valence-corrected chi connectivity index (χ4v) is 9.21. The van der Waals surface area contributed by atoms with E-state index in [1.807, 2.05) is 24.3 Å². The fourth-order valence-electron chi connectivity index (χ4n) is 7.59. The molecule has 0 aromatic heterocycles. The van der Waals surface area contributed by atoms with Gasteiger partial charge in [-0.2, -0.15) is 0 Å². The van der Waals surface area contributed by atoms with Crippen molar-refractivity contribution in [3.05, 3.63) is 179 Å². The van der Waals surface area contributed by atoms with Crippen molar-refractivity contribution in [3.63, 3.8) is 0 Å². The first-order valence-corrected chi connectivity index (χ1v) is 18.2. The van der Waals surface area contributed by atoms with Gasteiger partial charge in [0.2, 0.25) is 9.84 Å². The molecule has 2 aliphatic rings. The maximum atomic E-state index is 13.5. The van der Waals surface area contributed by atoms with E-state index in [0.29, 0.717) is 21.2 Å². The summed E-state index contributed by atoms with van der Waals surface area (Å²) in [6, 6.07) is 50.1. The summed E-state index contributed by atoms with van der Waals surface area (Å²) in [5.41, 5.74) is 13.5. The lowest BCUT2D eigenvalue weighted by molar-refractivity contribution is 0.595. The number of aryl methyl sites for hydroxylation is 2. The normalized spacial score (nSPS) is 14.0. The summed E-state index contributed by atoms with van der Waals surface area (Å²) in [4.78, 5) is 5.12. The molecule has 9 rings (SSSR count). The van der Waals surface area contributed by atoms with Crippen molar-refractivity contribution < 1.29 is 8.42 Å². The molecular formula is C44H34N2O2S. The summed E-state index contributed by atoms with van der Waals surface area (Å²) < 4.78 is 27.1. The molecule has 0 saturated carbocycles. The minimum absolute atomic E-state index is 0.339. The van der Waals surface area contributed by atoms with Crippen LogP contribution in [0.15, 0.2) is 155 Å². The van der Waals surface area contributed by atoms with Gasteiger partial charge in [0.25, 0.3) is 0 Å². The van der Waals surface area contributed by atoms with Crippen LogP contribution < -0.4 is 9.80 Å². The van der Waals surface area contributed by atoms with Gasteiger partial charge >= 0.3 is 0 Å². The predicted octanol–water partition coefficient (Wildman–Crippen LogP) is 11.0. The number of nitrogens with zero attached hydrogens (tertiary/aromatic N) is 2. The van der Waals surface area contributed by atoms with Crippen molar-refractivity contribution in [2.75, 3.05) is 9.80 Å². The topological polar surface area (TPSA) is 40.6 Å². The van der Waals surface area contributed by atoms with E-state index in [1.165, 1.54) is 44.2 Å². The Morgan fingerprint density at radius 3 is 1.67 bits per heavy atom. The maximum absolute atomic E-state index is 13.5. The van der Waals surface area contributed by atoms with Gasteiger partial charge in [-0.25, -0.2) is 8.42 Å². The molecule has 0 unspecified atom stereocenters. The molecule has 0 spiro atoms. The van der Waals surface area contributed by atoms with Gasteiger partial charge in [-0.15, -0.1) is 0 Å². The van der Waals surface area contributed by atoms with Gasteiger partial charge in [-0.1, -0.05) is 72.8 Å². The molecule has 1 aliphatic carbocycles. The lowest BCUT2D eigenvalue weighted by atomic mass is 9.84. The van der Waals surface area contributed by atoms with E-state index >= 15 is 0 Å². The Labute approximate surface area is 287 Å². The lowest BCUT2D eigenvalue weighted by Crippen LogP contribution is -2.22. The number of para-hydroxylation sites is 2. The third-order valence-corrected chi connectivity index (χ3v) is 11.8. The highest BCUT2D eigenvalue weighted by atomic mass is 32.2. The molecule has 5 heteroatoms. The second kappa shape index (κ2) is 11.2. The Morgan fingerprint density at radius 1 is 0.490 bits per heavy atom. The van der Waals surface area contributed by atoms with Crippen LogP contribution in [0.5, 0.6) is 0 Å². The van der Waals surface area contributed by atoms with Crippen LogP contribution in [-0.2, 0) is 22.7 Å². The molecule has 0 bridgehead atoms. The number of fused-ring (bicyclic) bond motifs is 5. The molecular weight excluding hydrogens is 621 g/mol. The van der Waals surface area contributed by atoms with Gasteiger partial charge in [0, 0.05) is 22.7 Å². The van der Waals surface area contributed by atoms with Crippen LogP contribution in [-0.4, -0.2) is 8.42 Å². The number of hydrogen-bond acceptors (Lipinski definition) is 4. The van der Waals surface area contributed by atoms with Gasteiger partial charge in [-0.3, -0.25) is 0 Å². The predicted molar refractivity (Wildman–Crippen MR) is 200 cm³/mol. The molecule has 4 nitrogen and oxygen atoms in total. The average molecular weight is 655 g/mol. The largest absolute Gasteiger partial charge is 0.310 e. The van der Waals surface area contributed by atoms with E-state index in [0.717, 1.165) is 35.6 Å². The highest BCUT2D eigenvalue weighted by Crippen LogP contribution is 2.48. The summed E-state index contributed by atoms with van der Waals surface area (Å²) in [5.74, 6) is 0. The zero-order valence-corrected chi connectivity index (χ0v) is 28.2. The highest BCUT2D eigenvalue weighted by Gasteiger charge is 2.34. The molecule has 1 heterocycles. The highest BCUT2D eigenvalue weighted by molar-refractivity contribution is 7.92. The first-order valence-electron chi connectivity index (χ1n) is 16.7. The first-order chi connectivity index (χ1) is 23.8. The number of rotatable bonds is 4. The molecule has 0 N–H and O–H groups in total. The molecule has 7 aromatic carbocycles. The van der Waals surface area contributed by atoms with Gasteiger partial charge in [-0.05, 0) is 144 Å². The summed E-state index contributed by atoms with van der Waals surface area (Å²) in [7, 11) is -3.61. The Kier molecular flexibility index (Phi) is 6.75. The Morgan fingerprint density at radius 2 is 1.04 bits per heavy atom. The number of anilines is 6. The Bertz CT molecular complexity index is 2470. The maximum Gasteiger partial charge on any atom is 0.210 e. The van der Waals surface area contributed by atoms with Crippen molar-refractivity contribution >= 4 is 54.7 Å². The SMILES string of the molecule is Cc1cccc(N(c2cccc(C)c2)c2ccc3cc4c(cc3c2)Cc2ccc(N3c5ccccc5S(=O)(=O)c5ccccc53)cc2C4)c1. The standard InChI is InChI=1S/C44H34N2O2S/c1-29-9-7-11-37(21-29)45(38-12-8-10-30(2)22-38)39-19-17-31-23-34-26-36-28-40(20-18-32(36)24-33(34)25-35(31)27-39)46-41-13-3-5-15-43(41)49(47,48)44-16-6-4-14-42(44)46/h3-23,25,27-28H,24,26H2,1-2H3. The van der Waals surface area contributed by atoms with E-state index in [-0.39, 0.29) is 0 Å². The van der Waals surface area contributed by atoms with Crippen molar-refractivity contribution in [2.24, 2.45) is 0 Å². The summed E-state index contributed by atoms with van der Waals surface area (Å²) in [5, 5.41) is 2.45. The molecule has 0 amide bonds. The van der Waals surface area contributed by atoms with Gasteiger partial charge < -0.3 is 9.80 Å². The molecule has 0 fully saturated rings. The third-order valence-electron chi connectivity index (χ3n) is 9.92.